The fourth-order valence-corrected chi connectivity index (χ4v) is 1.91. The Morgan fingerprint density at radius 1 is 0.933 bits per heavy atom. The monoisotopic (exact) mass is 197 g/mol. The molecular formula is C12H7NO2. The molecule has 0 atom stereocenters. The highest BCUT2D eigenvalue weighted by Crippen LogP contribution is 2.25. The lowest BCUT2D eigenvalue weighted by atomic mass is 9.93. The minimum absolute atomic E-state index is 0.110. The van der Waals surface area contributed by atoms with E-state index in [0.29, 0.717) is 11.1 Å². The molecule has 0 saturated heterocycles. The predicted octanol–water partition coefficient (Wildman–Crippen LogP) is 2.10. The highest BCUT2D eigenvalue weighted by atomic mass is 16.1. The molecule has 3 nitrogen and oxygen atoms in total. The molecule has 0 bridgehead atoms. The summed E-state index contributed by atoms with van der Waals surface area (Å²) in [5.74, 6) is -0.223. The maximum absolute atomic E-state index is 11.7. The van der Waals surface area contributed by atoms with Crippen molar-refractivity contribution in [1.29, 1.82) is 0 Å². The zero-order valence-electron chi connectivity index (χ0n) is 7.78. The second-order valence-corrected chi connectivity index (χ2v) is 3.49. The predicted molar refractivity (Wildman–Crippen MR) is 56.1 cm³/mol. The Balaban J connectivity index is 2.48. The second-order valence-electron chi connectivity index (χ2n) is 3.49. The molecule has 0 aliphatic heterocycles. The fourth-order valence-electron chi connectivity index (χ4n) is 1.91. The smallest absolute Gasteiger partial charge is 0.188 e. The summed E-state index contributed by atoms with van der Waals surface area (Å²) in [4.78, 5) is 26.2. The lowest BCUT2D eigenvalue weighted by Crippen LogP contribution is -2.11. The standard InChI is InChI=1S/C12H7NO2/c14-9-3-4-10(15)11-8(9)2-1-7-5-6-13-12(7)11/h1-6,13H. The number of allylic oxidation sites excluding steroid dienone is 2. The molecule has 0 radical (unpaired) electrons. The summed E-state index contributed by atoms with van der Waals surface area (Å²) < 4.78 is 0. The summed E-state index contributed by atoms with van der Waals surface area (Å²) in [5, 5.41) is 0.949. The van der Waals surface area contributed by atoms with Gasteiger partial charge in [-0.05, 0) is 24.3 Å². The van der Waals surface area contributed by atoms with E-state index in [-0.39, 0.29) is 11.6 Å². The third-order valence-corrected chi connectivity index (χ3v) is 2.63. The van der Waals surface area contributed by atoms with Crippen molar-refractivity contribution in [3.8, 4) is 0 Å². The lowest BCUT2D eigenvalue weighted by Gasteiger charge is -2.09. The first-order chi connectivity index (χ1) is 7.27. The van der Waals surface area contributed by atoms with Gasteiger partial charge in [0.2, 0.25) is 0 Å². The van der Waals surface area contributed by atoms with Gasteiger partial charge in [0.25, 0.3) is 0 Å². The van der Waals surface area contributed by atoms with Gasteiger partial charge in [0.05, 0.1) is 11.1 Å². The van der Waals surface area contributed by atoms with E-state index in [2.05, 4.69) is 4.98 Å². The first kappa shape index (κ1) is 8.17. The summed E-state index contributed by atoms with van der Waals surface area (Å²) in [6.45, 7) is 0. The van der Waals surface area contributed by atoms with Crippen molar-refractivity contribution >= 4 is 22.5 Å². The van der Waals surface area contributed by atoms with Gasteiger partial charge in [0.1, 0.15) is 0 Å². The van der Waals surface area contributed by atoms with Crippen molar-refractivity contribution < 1.29 is 9.59 Å². The van der Waals surface area contributed by atoms with Gasteiger partial charge in [-0.1, -0.05) is 6.07 Å². The van der Waals surface area contributed by atoms with Gasteiger partial charge >= 0.3 is 0 Å². The summed E-state index contributed by atoms with van der Waals surface area (Å²) >= 11 is 0. The normalized spacial score (nSPS) is 14.7. The Kier molecular flexibility index (Phi) is 1.45. The quantitative estimate of drug-likeness (QED) is 0.703. The molecule has 1 aliphatic carbocycles. The number of rotatable bonds is 0. The minimum Gasteiger partial charge on any atom is -0.361 e. The Bertz CT molecular complexity index is 620. The van der Waals surface area contributed by atoms with E-state index in [1.807, 2.05) is 12.1 Å². The van der Waals surface area contributed by atoms with Crippen molar-refractivity contribution in [2.75, 3.05) is 0 Å². The lowest BCUT2D eigenvalue weighted by molar-refractivity contribution is 0.0995. The summed E-state index contributed by atoms with van der Waals surface area (Å²) in [6, 6.07) is 5.43. The zero-order chi connectivity index (χ0) is 10.4. The number of ketones is 2. The van der Waals surface area contributed by atoms with Crippen LogP contribution < -0.4 is 0 Å². The van der Waals surface area contributed by atoms with Crippen molar-refractivity contribution in [1.82, 2.24) is 4.98 Å². The van der Waals surface area contributed by atoms with Gasteiger partial charge in [-0.2, -0.15) is 0 Å². The van der Waals surface area contributed by atoms with E-state index in [9.17, 15) is 9.59 Å². The zero-order valence-corrected chi connectivity index (χ0v) is 7.78. The minimum atomic E-state index is -0.113. The fraction of sp³-hybridized carbons (Fsp3) is 0. The van der Waals surface area contributed by atoms with Crippen molar-refractivity contribution in [3.05, 3.63) is 47.7 Å². The van der Waals surface area contributed by atoms with Gasteiger partial charge < -0.3 is 4.98 Å². The van der Waals surface area contributed by atoms with Crippen molar-refractivity contribution in [2.24, 2.45) is 0 Å². The van der Waals surface area contributed by atoms with Crippen LogP contribution in [0.25, 0.3) is 10.9 Å². The maximum atomic E-state index is 11.7. The van der Waals surface area contributed by atoms with E-state index in [4.69, 9.17) is 0 Å². The Hall–Kier alpha value is -2.16. The summed E-state index contributed by atoms with van der Waals surface area (Å²) in [6.07, 6.45) is 4.41. The molecule has 3 rings (SSSR count). The molecular weight excluding hydrogens is 190 g/mol. The Morgan fingerprint density at radius 2 is 1.73 bits per heavy atom. The molecule has 3 heteroatoms. The average molecular weight is 197 g/mol. The summed E-state index contributed by atoms with van der Waals surface area (Å²) in [7, 11) is 0. The number of carbonyl (C=O) groups is 2. The van der Waals surface area contributed by atoms with Crippen LogP contribution in [0.15, 0.2) is 36.5 Å². The molecule has 1 N–H and O–H groups in total. The maximum Gasteiger partial charge on any atom is 0.188 e. The Labute approximate surface area is 85.4 Å². The number of aromatic amines is 1. The van der Waals surface area contributed by atoms with Crippen LogP contribution in [-0.2, 0) is 0 Å². The van der Waals surface area contributed by atoms with Crippen LogP contribution in [0.2, 0.25) is 0 Å². The second kappa shape index (κ2) is 2.67. The van der Waals surface area contributed by atoms with E-state index >= 15 is 0 Å². The number of nitrogens with one attached hydrogen (secondary N) is 1. The van der Waals surface area contributed by atoms with Gasteiger partial charge in [0, 0.05) is 17.1 Å². The third-order valence-electron chi connectivity index (χ3n) is 2.63. The molecule has 0 unspecified atom stereocenters. The number of H-pyrrole nitrogens is 1. The van der Waals surface area contributed by atoms with Crippen LogP contribution in [0.3, 0.4) is 0 Å². The molecule has 0 spiro atoms. The van der Waals surface area contributed by atoms with Crippen LogP contribution in [0.4, 0.5) is 0 Å². The number of hydrogen-bond donors (Lipinski definition) is 1. The van der Waals surface area contributed by atoms with Gasteiger partial charge in [-0.15, -0.1) is 0 Å². The van der Waals surface area contributed by atoms with Crippen LogP contribution in [0.1, 0.15) is 20.7 Å². The van der Waals surface area contributed by atoms with Crippen molar-refractivity contribution in [2.45, 2.75) is 0 Å². The average Bonchev–Trinajstić information content (AvgIpc) is 2.70. The van der Waals surface area contributed by atoms with Crippen LogP contribution in [-0.4, -0.2) is 16.6 Å². The molecule has 72 valence electrons. The molecule has 1 aliphatic rings. The topological polar surface area (TPSA) is 49.9 Å². The number of hydrogen-bond acceptors (Lipinski definition) is 2. The van der Waals surface area contributed by atoms with Crippen LogP contribution in [0.5, 0.6) is 0 Å². The number of fused-ring (bicyclic) bond motifs is 3. The highest BCUT2D eigenvalue weighted by molar-refractivity contribution is 6.26. The number of benzene rings is 1. The number of carbonyl (C=O) groups excluding carboxylic acids is 2. The van der Waals surface area contributed by atoms with Gasteiger partial charge in [-0.3, -0.25) is 9.59 Å². The summed E-state index contributed by atoms with van der Waals surface area (Å²) in [5.41, 5.74) is 1.72. The number of aromatic nitrogens is 1. The highest BCUT2D eigenvalue weighted by Gasteiger charge is 2.21. The molecule has 0 fully saturated rings. The van der Waals surface area contributed by atoms with Crippen LogP contribution in [0, 0.1) is 0 Å². The molecule has 15 heavy (non-hydrogen) atoms. The van der Waals surface area contributed by atoms with E-state index in [1.165, 1.54) is 12.2 Å². The first-order valence-corrected chi connectivity index (χ1v) is 4.64. The molecule has 1 aromatic heterocycles. The van der Waals surface area contributed by atoms with Crippen molar-refractivity contribution in [3.63, 3.8) is 0 Å². The van der Waals surface area contributed by atoms with Gasteiger partial charge in [-0.25, -0.2) is 0 Å². The van der Waals surface area contributed by atoms with E-state index in [0.717, 1.165) is 10.9 Å². The SMILES string of the molecule is O=C1C=CC(=O)c2c1ccc1cc[nH]c21. The van der Waals surface area contributed by atoms with Gasteiger partial charge in [0.15, 0.2) is 11.6 Å². The Morgan fingerprint density at radius 3 is 2.60 bits per heavy atom. The van der Waals surface area contributed by atoms with E-state index in [1.54, 1.807) is 12.3 Å². The van der Waals surface area contributed by atoms with Crippen LogP contribution >= 0.6 is 0 Å². The molecule has 0 saturated carbocycles. The third kappa shape index (κ3) is 1.00. The first-order valence-electron chi connectivity index (χ1n) is 4.64. The molecule has 2 aromatic rings. The molecule has 1 heterocycles. The molecule has 1 aromatic carbocycles. The molecule has 0 amide bonds. The largest absolute Gasteiger partial charge is 0.361 e. The van der Waals surface area contributed by atoms with E-state index < -0.39 is 0 Å².